The maximum Gasteiger partial charge on any atom is 0.416 e. The van der Waals surface area contributed by atoms with E-state index in [1.807, 2.05) is 12.1 Å². The minimum absolute atomic E-state index is 0.00402. The normalized spacial score (nSPS) is 11.0. The van der Waals surface area contributed by atoms with Crippen molar-refractivity contribution in [3.63, 3.8) is 0 Å². The molecule has 0 saturated heterocycles. The van der Waals surface area contributed by atoms with Gasteiger partial charge in [-0.1, -0.05) is 35.9 Å². The third-order valence-electron chi connectivity index (χ3n) is 6.08. The third kappa shape index (κ3) is 7.09. The molecule has 11 heteroatoms. The molecule has 0 atom stereocenters. The first-order valence-electron chi connectivity index (χ1n) is 12.3. The summed E-state index contributed by atoms with van der Waals surface area (Å²) < 4.78 is 44.1. The van der Waals surface area contributed by atoms with Crippen molar-refractivity contribution in [1.82, 2.24) is 10.3 Å². The second-order valence-electron chi connectivity index (χ2n) is 8.77. The van der Waals surface area contributed by atoms with E-state index in [1.165, 1.54) is 48.5 Å². The number of ether oxygens (including phenoxy) is 1. The molecule has 2 N–H and O–H groups in total. The number of alkyl halides is 3. The third-order valence-corrected chi connectivity index (χ3v) is 6.39. The molecular weight excluding hydrogens is 559 g/mol. The molecule has 0 aliphatic heterocycles. The fourth-order valence-corrected chi connectivity index (χ4v) is 4.35. The summed E-state index contributed by atoms with van der Waals surface area (Å²) >= 11 is 6.34. The molecule has 3 aromatic carbocycles. The van der Waals surface area contributed by atoms with E-state index in [4.69, 9.17) is 16.3 Å². The number of carbonyl (C=O) groups excluding carboxylic acids is 3. The molecule has 210 valence electrons. The molecule has 2 amide bonds. The van der Waals surface area contributed by atoms with Gasteiger partial charge in [-0.05, 0) is 60.2 Å². The summed E-state index contributed by atoms with van der Waals surface area (Å²) in [5, 5.41) is 5.52. The smallest absolute Gasteiger partial charge is 0.416 e. The van der Waals surface area contributed by atoms with Gasteiger partial charge in [0.2, 0.25) is 0 Å². The quantitative estimate of drug-likeness (QED) is 0.234. The fraction of sp³-hybridized carbons (Fsp3) is 0.133. The number of benzene rings is 3. The lowest BCUT2D eigenvalue weighted by molar-refractivity contribution is -0.137. The van der Waals surface area contributed by atoms with Crippen LogP contribution in [0.1, 0.15) is 42.3 Å². The molecule has 0 aliphatic carbocycles. The summed E-state index contributed by atoms with van der Waals surface area (Å²) in [6, 6.07) is 18.2. The predicted molar refractivity (Wildman–Crippen MR) is 148 cm³/mol. The highest BCUT2D eigenvalue weighted by Crippen LogP contribution is 2.34. The molecule has 4 aromatic rings. The van der Waals surface area contributed by atoms with E-state index in [1.54, 1.807) is 12.3 Å². The molecular formula is C30H23ClF3N3O4. The summed E-state index contributed by atoms with van der Waals surface area (Å²) in [5.41, 5.74) is 0.717. The molecule has 0 bridgehead atoms. The molecule has 0 aliphatic rings. The molecule has 4 rings (SSSR count). The van der Waals surface area contributed by atoms with Crippen LogP contribution in [0, 0.1) is 0 Å². The largest absolute Gasteiger partial charge is 0.465 e. The molecule has 0 spiro atoms. The zero-order valence-electron chi connectivity index (χ0n) is 21.6. The van der Waals surface area contributed by atoms with Gasteiger partial charge in [-0.2, -0.15) is 13.2 Å². The summed E-state index contributed by atoms with van der Waals surface area (Å²) in [4.78, 5) is 42.6. The van der Waals surface area contributed by atoms with Crippen LogP contribution in [-0.4, -0.2) is 36.4 Å². The zero-order valence-corrected chi connectivity index (χ0v) is 22.3. The summed E-state index contributed by atoms with van der Waals surface area (Å²) in [6.07, 6.45) is -2.36. The van der Waals surface area contributed by atoms with Crippen LogP contribution < -0.4 is 10.6 Å². The number of nitrogens with one attached hydrogen (secondary N) is 2. The molecule has 0 saturated carbocycles. The van der Waals surface area contributed by atoms with E-state index < -0.39 is 29.5 Å². The first-order chi connectivity index (χ1) is 19.6. The van der Waals surface area contributed by atoms with Crippen molar-refractivity contribution in [3.05, 3.63) is 118 Å². The lowest BCUT2D eigenvalue weighted by atomic mass is 9.93. The Labute approximate surface area is 238 Å². The Morgan fingerprint density at radius 2 is 1.61 bits per heavy atom. The highest BCUT2D eigenvalue weighted by atomic mass is 35.5. The number of carbonyl (C=O) groups is 3. The average molecular weight is 582 g/mol. The number of aromatic nitrogens is 1. The number of hydrogen-bond acceptors (Lipinski definition) is 5. The lowest BCUT2D eigenvalue weighted by Gasteiger charge is -2.15. The minimum Gasteiger partial charge on any atom is -0.465 e. The summed E-state index contributed by atoms with van der Waals surface area (Å²) in [7, 11) is 1.16. The van der Waals surface area contributed by atoms with Crippen LogP contribution in [0.3, 0.4) is 0 Å². The Morgan fingerprint density at radius 1 is 0.878 bits per heavy atom. The Hall–Kier alpha value is -4.70. The first-order valence-corrected chi connectivity index (χ1v) is 12.6. The van der Waals surface area contributed by atoms with E-state index in [0.29, 0.717) is 13.0 Å². The number of anilines is 1. The van der Waals surface area contributed by atoms with Gasteiger partial charge in [0.25, 0.3) is 11.8 Å². The van der Waals surface area contributed by atoms with Crippen LogP contribution in [0.4, 0.5) is 18.9 Å². The summed E-state index contributed by atoms with van der Waals surface area (Å²) in [6.45, 7) is 0.341. The zero-order chi connectivity index (χ0) is 29.6. The average Bonchev–Trinajstić information content (AvgIpc) is 2.96. The minimum atomic E-state index is -4.55. The number of amides is 2. The van der Waals surface area contributed by atoms with E-state index in [9.17, 15) is 27.6 Å². The van der Waals surface area contributed by atoms with Crippen LogP contribution in [0.25, 0.3) is 11.1 Å². The van der Waals surface area contributed by atoms with Gasteiger partial charge in [-0.25, -0.2) is 4.79 Å². The van der Waals surface area contributed by atoms with E-state index in [-0.39, 0.29) is 38.5 Å². The van der Waals surface area contributed by atoms with Gasteiger partial charge in [0, 0.05) is 41.7 Å². The Kier molecular flexibility index (Phi) is 9.04. The number of esters is 1. The second kappa shape index (κ2) is 12.6. The van der Waals surface area contributed by atoms with E-state index in [2.05, 4.69) is 15.6 Å². The van der Waals surface area contributed by atoms with Crippen LogP contribution in [0.5, 0.6) is 0 Å². The molecule has 0 fully saturated rings. The van der Waals surface area contributed by atoms with Crippen molar-refractivity contribution in [1.29, 1.82) is 0 Å². The number of methoxy groups -OCH3 is 1. The molecule has 1 aromatic heterocycles. The SMILES string of the molecule is COC(=O)c1cccc(C(=O)Nc2ccc(C(=O)NCCc3ccccn3)c(Cl)c2)c1-c1ccc(C(F)(F)F)cc1. The topological polar surface area (TPSA) is 97.4 Å². The molecule has 0 unspecified atom stereocenters. The van der Waals surface area contributed by atoms with E-state index in [0.717, 1.165) is 24.9 Å². The molecule has 1 heterocycles. The fourth-order valence-electron chi connectivity index (χ4n) is 4.08. The highest BCUT2D eigenvalue weighted by molar-refractivity contribution is 6.34. The van der Waals surface area contributed by atoms with E-state index >= 15 is 0 Å². The van der Waals surface area contributed by atoms with Crippen molar-refractivity contribution in [3.8, 4) is 11.1 Å². The number of halogens is 4. The Bertz CT molecular complexity index is 1580. The summed E-state index contributed by atoms with van der Waals surface area (Å²) in [5.74, 6) is -1.83. The highest BCUT2D eigenvalue weighted by Gasteiger charge is 2.30. The monoisotopic (exact) mass is 581 g/mol. The van der Waals surface area contributed by atoms with Gasteiger partial charge < -0.3 is 15.4 Å². The van der Waals surface area contributed by atoms with Gasteiger partial charge in [0.15, 0.2) is 0 Å². The van der Waals surface area contributed by atoms with Gasteiger partial charge in [0.05, 0.1) is 28.8 Å². The van der Waals surface area contributed by atoms with Gasteiger partial charge in [-0.3, -0.25) is 14.6 Å². The Morgan fingerprint density at radius 3 is 2.24 bits per heavy atom. The maximum absolute atomic E-state index is 13.3. The van der Waals surface area contributed by atoms with Crippen molar-refractivity contribution in [2.24, 2.45) is 0 Å². The Balaban J connectivity index is 1.55. The maximum atomic E-state index is 13.3. The van der Waals surface area contributed by atoms with Gasteiger partial charge in [-0.15, -0.1) is 0 Å². The number of pyridine rings is 1. The number of hydrogen-bond donors (Lipinski definition) is 2. The van der Waals surface area contributed by atoms with Crippen molar-refractivity contribution >= 4 is 35.1 Å². The van der Waals surface area contributed by atoms with Gasteiger partial charge in [0.1, 0.15) is 0 Å². The number of rotatable bonds is 8. The lowest BCUT2D eigenvalue weighted by Crippen LogP contribution is -2.26. The number of nitrogens with zero attached hydrogens (tertiary/aromatic N) is 1. The van der Waals surface area contributed by atoms with Crippen LogP contribution in [0.2, 0.25) is 5.02 Å². The van der Waals surface area contributed by atoms with Crippen molar-refractivity contribution < 1.29 is 32.3 Å². The van der Waals surface area contributed by atoms with Crippen LogP contribution in [0.15, 0.2) is 85.1 Å². The van der Waals surface area contributed by atoms with Crippen molar-refractivity contribution in [2.75, 3.05) is 19.0 Å². The molecule has 7 nitrogen and oxygen atoms in total. The molecule has 41 heavy (non-hydrogen) atoms. The van der Waals surface area contributed by atoms with Gasteiger partial charge >= 0.3 is 12.1 Å². The predicted octanol–water partition coefficient (Wildman–Crippen LogP) is 6.43. The second-order valence-corrected chi connectivity index (χ2v) is 9.18. The van der Waals surface area contributed by atoms with Crippen LogP contribution >= 0.6 is 11.6 Å². The van der Waals surface area contributed by atoms with Crippen LogP contribution in [-0.2, 0) is 17.3 Å². The first kappa shape index (κ1) is 29.3. The standard InChI is InChI=1S/C30H23ClF3N3O4/c1-41-29(40)24-7-4-6-23(26(24)18-8-10-19(11-9-18)30(32,33)34)28(39)37-21-12-13-22(25(31)17-21)27(38)36-16-14-20-5-2-3-15-35-20/h2-13,15,17H,14,16H2,1H3,(H,36,38)(H,37,39). The van der Waals surface area contributed by atoms with Crippen molar-refractivity contribution in [2.45, 2.75) is 12.6 Å². The molecule has 0 radical (unpaired) electrons.